The highest BCUT2D eigenvalue weighted by molar-refractivity contribution is 5.79. The molecule has 2 N–H and O–H groups in total. The number of nitrogens with zero attached hydrogens (tertiary/aromatic N) is 1. The first-order valence-corrected chi connectivity index (χ1v) is 7.28. The van der Waals surface area contributed by atoms with Crippen molar-refractivity contribution in [2.75, 3.05) is 26.7 Å². The third-order valence-corrected chi connectivity index (χ3v) is 3.26. The summed E-state index contributed by atoms with van der Waals surface area (Å²) in [6.45, 7) is 7.39. The number of rotatable bonds is 7. The van der Waals surface area contributed by atoms with Gasteiger partial charge in [0.05, 0.1) is 6.10 Å². The maximum absolute atomic E-state index is 5.59. The molecule has 0 amide bonds. The number of hydrogen-bond donors (Lipinski definition) is 2. The van der Waals surface area contributed by atoms with Crippen LogP contribution in [0.5, 0.6) is 0 Å². The molecule has 1 unspecified atom stereocenters. The van der Waals surface area contributed by atoms with Crippen LogP contribution in [-0.4, -0.2) is 38.8 Å². The van der Waals surface area contributed by atoms with Crippen LogP contribution in [-0.2, 0) is 4.74 Å². The van der Waals surface area contributed by atoms with Crippen molar-refractivity contribution in [2.45, 2.75) is 52.1 Å². The molecule has 0 radical (unpaired) electrons. The molecule has 0 aromatic heterocycles. The fourth-order valence-electron chi connectivity index (χ4n) is 2.16. The Morgan fingerprint density at radius 1 is 1.33 bits per heavy atom. The van der Waals surface area contributed by atoms with Crippen molar-refractivity contribution < 1.29 is 4.74 Å². The topological polar surface area (TPSA) is 45.7 Å². The maximum Gasteiger partial charge on any atom is 0.190 e. The molecule has 1 saturated heterocycles. The van der Waals surface area contributed by atoms with E-state index in [4.69, 9.17) is 4.74 Å². The van der Waals surface area contributed by atoms with Gasteiger partial charge in [-0.1, -0.05) is 13.8 Å². The summed E-state index contributed by atoms with van der Waals surface area (Å²) >= 11 is 0. The van der Waals surface area contributed by atoms with Crippen molar-refractivity contribution in [1.29, 1.82) is 0 Å². The van der Waals surface area contributed by atoms with Crippen LogP contribution in [0.2, 0.25) is 0 Å². The highest BCUT2D eigenvalue weighted by Gasteiger charge is 2.14. The summed E-state index contributed by atoms with van der Waals surface area (Å²) in [5.74, 6) is 1.69. The molecule has 1 aliphatic rings. The van der Waals surface area contributed by atoms with Gasteiger partial charge in [-0.2, -0.15) is 0 Å². The van der Waals surface area contributed by atoms with Crippen LogP contribution < -0.4 is 10.6 Å². The Hall–Kier alpha value is -0.770. The average Bonchev–Trinajstić information content (AvgIpc) is 2.85. The molecule has 106 valence electrons. The van der Waals surface area contributed by atoms with E-state index in [9.17, 15) is 0 Å². The molecule has 0 aromatic carbocycles. The van der Waals surface area contributed by atoms with Gasteiger partial charge in [0.2, 0.25) is 0 Å². The normalized spacial score (nSPS) is 20.4. The Bertz CT molecular complexity index is 235. The quantitative estimate of drug-likeness (QED) is 0.416. The van der Waals surface area contributed by atoms with Crippen LogP contribution in [0.1, 0.15) is 46.0 Å². The lowest BCUT2D eigenvalue weighted by molar-refractivity contribution is 0.105. The highest BCUT2D eigenvalue weighted by Crippen LogP contribution is 2.14. The lowest BCUT2D eigenvalue weighted by atomic mass is 10.1. The van der Waals surface area contributed by atoms with Gasteiger partial charge in [-0.25, -0.2) is 0 Å². The Labute approximate surface area is 112 Å². The standard InChI is InChI=1S/C14H29N3O/c1-12(2)6-4-9-16-14(15-3)17-10-8-13-7-5-11-18-13/h12-13H,4-11H2,1-3H3,(H2,15,16,17). The van der Waals surface area contributed by atoms with Crippen LogP contribution in [0.3, 0.4) is 0 Å². The van der Waals surface area contributed by atoms with E-state index in [2.05, 4.69) is 29.5 Å². The smallest absolute Gasteiger partial charge is 0.190 e. The number of aliphatic imine (C=N–C) groups is 1. The Kier molecular flexibility index (Phi) is 7.81. The van der Waals surface area contributed by atoms with Crippen molar-refractivity contribution in [3.63, 3.8) is 0 Å². The van der Waals surface area contributed by atoms with E-state index in [1.807, 2.05) is 7.05 Å². The third-order valence-electron chi connectivity index (χ3n) is 3.26. The molecule has 4 heteroatoms. The van der Waals surface area contributed by atoms with Crippen molar-refractivity contribution in [3.05, 3.63) is 0 Å². The van der Waals surface area contributed by atoms with Gasteiger partial charge in [0.25, 0.3) is 0 Å². The van der Waals surface area contributed by atoms with Crippen molar-refractivity contribution >= 4 is 5.96 Å². The molecule has 0 aromatic rings. The van der Waals surface area contributed by atoms with E-state index in [-0.39, 0.29) is 0 Å². The van der Waals surface area contributed by atoms with Crippen molar-refractivity contribution in [2.24, 2.45) is 10.9 Å². The molecular weight excluding hydrogens is 226 g/mol. The molecule has 1 aliphatic heterocycles. The van der Waals surface area contributed by atoms with Crippen LogP contribution in [0.4, 0.5) is 0 Å². The molecule has 0 spiro atoms. The molecule has 18 heavy (non-hydrogen) atoms. The second-order valence-electron chi connectivity index (χ2n) is 5.39. The van der Waals surface area contributed by atoms with Gasteiger partial charge in [-0.05, 0) is 38.0 Å². The third kappa shape index (κ3) is 6.84. The largest absolute Gasteiger partial charge is 0.378 e. The Morgan fingerprint density at radius 3 is 2.72 bits per heavy atom. The van der Waals surface area contributed by atoms with Gasteiger partial charge in [0.1, 0.15) is 0 Å². The van der Waals surface area contributed by atoms with E-state index >= 15 is 0 Å². The molecule has 0 saturated carbocycles. The minimum atomic E-state index is 0.455. The van der Waals surface area contributed by atoms with Gasteiger partial charge in [-0.3, -0.25) is 4.99 Å². The summed E-state index contributed by atoms with van der Waals surface area (Å²) in [5, 5.41) is 6.69. The van der Waals surface area contributed by atoms with Gasteiger partial charge < -0.3 is 15.4 Å². The number of nitrogens with one attached hydrogen (secondary N) is 2. The number of ether oxygens (including phenoxy) is 1. The monoisotopic (exact) mass is 255 g/mol. The lowest BCUT2D eigenvalue weighted by Crippen LogP contribution is -2.39. The summed E-state index contributed by atoms with van der Waals surface area (Å²) in [5.41, 5.74) is 0. The molecule has 0 aliphatic carbocycles. The summed E-state index contributed by atoms with van der Waals surface area (Å²) in [4.78, 5) is 4.22. The second kappa shape index (κ2) is 9.20. The lowest BCUT2D eigenvalue weighted by Gasteiger charge is -2.14. The van der Waals surface area contributed by atoms with Crippen molar-refractivity contribution in [3.8, 4) is 0 Å². The maximum atomic E-state index is 5.59. The van der Waals surface area contributed by atoms with Gasteiger partial charge in [0.15, 0.2) is 5.96 Å². The summed E-state index contributed by atoms with van der Waals surface area (Å²) in [6.07, 6.45) is 6.42. The fraction of sp³-hybridized carbons (Fsp3) is 0.929. The fourth-order valence-corrected chi connectivity index (χ4v) is 2.16. The Balaban J connectivity index is 2.02. The molecule has 1 heterocycles. The van der Waals surface area contributed by atoms with E-state index in [1.54, 1.807) is 0 Å². The SMILES string of the molecule is CN=C(NCCCC(C)C)NCCC1CCCO1. The molecular formula is C14H29N3O. The first-order valence-electron chi connectivity index (χ1n) is 7.28. The Morgan fingerprint density at radius 2 is 2.11 bits per heavy atom. The molecule has 1 atom stereocenters. The molecule has 1 fully saturated rings. The molecule has 0 bridgehead atoms. The average molecular weight is 255 g/mol. The van der Waals surface area contributed by atoms with E-state index < -0.39 is 0 Å². The summed E-state index contributed by atoms with van der Waals surface area (Å²) in [7, 11) is 1.82. The summed E-state index contributed by atoms with van der Waals surface area (Å²) in [6, 6.07) is 0. The predicted octanol–water partition coefficient (Wildman–Crippen LogP) is 2.16. The van der Waals surface area contributed by atoms with Crippen LogP contribution in [0.25, 0.3) is 0 Å². The van der Waals surface area contributed by atoms with E-state index in [0.29, 0.717) is 6.10 Å². The van der Waals surface area contributed by atoms with E-state index in [0.717, 1.165) is 38.0 Å². The minimum Gasteiger partial charge on any atom is -0.378 e. The molecule has 4 nitrogen and oxygen atoms in total. The first-order chi connectivity index (χ1) is 8.72. The van der Waals surface area contributed by atoms with Crippen LogP contribution >= 0.6 is 0 Å². The second-order valence-corrected chi connectivity index (χ2v) is 5.39. The zero-order valence-corrected chi connectivity index (χ0v) is 12.2. The molecule has 1 rings (SSSR count). The highest BCUT2D eigenvalue weighted by atomic mass is 16.5. The van der Waals surface area contributed by atoms with Gasteiger partial charge >= 0.3 is 0 Å². The zero-order valence-electron chi connectivity index (χ0n) is 12.2. The van der Waals surface area contributed by atoms with Crippen LogP contribution in [0.15, 0.2) is 4.99 Å². The van der Waals surface area contributed by atoms with Gasteiger partial charge in [0, 0.05) is 26.7 Å². The van der Waals surface area contributed by atoms with Gasteiger partial charge in [-0.15, -0.1) is 0 Å². The predicted molar refractivity (Wildman–Crippen MR) is 77.0 cm³/mol. The van der Waals surface area contributed by atoms with E-state index in [1.165, 1.54) is 25.7 Å². The van der Waals surface area contributed by atoms with Crippen molar-refractivity contribution in [1.82, 2.24) is 10.6 Å². The zero-order chi connectivity index (χ0) is 13.2. The van der Waals surface area contributed by atoms with Crippen LogP contribution in [0, 0.1) is 5.92 Å². The number of guanidine groups is 1. The minimum absolute atomic E-state index is 0.455. The first kappa shape index (κ1) is 15.3. The summed E-state index contributed by atoms with van der Waals surface area (Å²) < 4.78 is 5.59. The number of hydrogen-bond acceptors (Lipinski definition) is 2.